The number of aliphatic imine (C=N–C) groups is 1. The van der Waals surface area contributed by atoms with Crippen LogP contribution in [0.25, 0.3) is 0 Å². The molecule has 1 atom stereocenters. The number of hydrogen-bond acceptors (Lipinski definition) is 3. The lowest BCUT2D eigenvalue weighted by Crippen LogP contribution is -2.36. The summed E-state index contributed by atoms with van der Waals surface area (Å²) in [5.41, 5.74) is 3.95. The molecule has 0 aliphatic heterocycles. The van der Waals surface area contributed by atoms with Crippen molar-refractivity contribution in [1.82, 2.24) is 16.0 Å². The van der Waals surface area contributed by atoms with E-state index in [1.54, 1.807) is 7.11 Å². The number of nitrogens with one attached hydrogen (secondary N) is 3. The van der Waals surface area contributed by atoms with Gasteiger partial charge >= 0.3 is 0 Å². The summed E-state index contributed by atoms with van der Waals surface area (Å²) in [6, 6.07) is 13.9. The van der Waals surface area contributed by atoms with Crippen LogP contribution in [0.2, 0.25) is 0 Å². The average molecular weight is 538 g/mol. The number of carbonyl (C=O) groups excluding carboxylic acids is 1. The Bertz CT molecular complexity index is 853. The molecule has 3 N–H and O–H groups in total. The van der Waals surface area contributed by atoms with Gasteiger partial charge in [0, 0.05) is 30.3 Å². The molecule has 0 spiro atoms. The summed E-state index contributed by atoms with van der Waals surface area (Å²) in [7, 11) is 1.68. The minimum Gasteiger partial charge on any atom is -0.496 e. The lowest BCUT2D eigenvalue weighted by atomic mass is 10.1. The van der Waals surface area contributed by atoms with Crippen LogP contribution in [0.1, 0.15) is 54.2 Å². The second kappa shape index (κ2) is 13.9. The first-order chi connectivity index (χ1) is 14.5. The Morgan fingerprint density at radius 2 is 1.81 bits per heavy atom. The number of aryl methyl sites for hydroxylation is 1. The molecule has 2 rings (SSSR count). The maximum atomic E-state index is 12.2. The fourth-order valence-electron chi connectivity index (χ4n) is 2.86. The van der Waals surface area contributed by atoms with Crippen molar-refractivity contribution in [3.05, 3.63) is 64.7 Å². The minimum atomic E-state index is -0.0403. The molecule has 1 amide bonds. The zero-order valence-electron chi connectivity index (χ0n) is 19.1. The molecule has 0 saturated heterocycles. The first-order valence-corrected chi connectivity index (χ1v) is 10.5. The molecule has 0 aliphatic carbocycles. The van der Waals surface area contributed by atoms with E-state index in [1.165, 1.54) is 0 Å². The van der Waals surface area contributed by atoms with E-state index < -0.39 is 0 Å². The van der Waals surface area contributed by atoms with Gasteiger partial charge in [0.05, 0.1) is 13.7 Å². The molecule has 0 bridgehead atoms. The van der Waals surface area contributed by atoms with Gasteiger partial charge in [0.15, 0.2) is 5.96 Å². The van der Waals surface area contributed by atoms with Crippen molar-refractivity contribution in [1.29, 1.82) is 0 Å². The molecule has 2 aromatic carbocycles. The van der Waals surface area contributed by atoms with Crippen LogP contribution in [0, 0.1) is 6.92 Å². The Morgan fingerprint density at radius 3 is 2.42 bits per heavy atom. The molecule has 0 fully saturated rings. The maximum absolute atomic E-state index is 12.2. The molecule has 0 heterocycles. The molecule has 2 aromatic rings. The van der Waals surface area contributed by atoms with Gasteiger partial charge in [0.25, 0.3) is 5.91 Å². The van der Waals surface area contributed by atoms with Crippen molar-refractivity contribution >= 4 is 35.8 Å². The Morgan fingerprint density at radius 1 is 1.10 bits per heavy atom. The number of guanidine groups is 1. The van der Waals surface area contributed by atoms with E-state index in [9.17, 15) is 4.79 Å². The lowest BCUT2D eigenvalue weighted by Gasteiger charge is -2.14. The molecule has 170 valence electrons. The van der Waals surface area contributed by atoms with Crippen LogP contribution in [0.3, 0.4) is 0 Å². The molecule has 31 heavy (non-hydrogen) atoms. The average Bonchev–Trinajstić information content (AvgIpc) is 2.76. The summed E-state index contributed by atoms with van der Waals surface area (Å²) in [5.74, 6) is 1.56. The number of benzene rings is 2. The second-order valence-corrected chi connectivity index (χ2v) is 7.34. The minimum absolute atomic E-state index is 0. The van der Waals surface area contributed by atoms with Gasteiger partial charge in [-0.2, -0.15) is 0 Å². The highest BCUT2D eigenvalue weighted by Gasteiger charge is 2.08. The normalized spacial score (nSPS) is 11.8. The van der Waals surface area contributed by atoms with E-state index in [0.29, 0.717) is 18.7 Å². The zero-order valence-corrected chi connectivity index (χ0v) is 21.4. The number of hydrogen-bond donors (Lipinski definition) is 3. The Hall–Kier alpha value is -2.29. The van der Waals surface area contributed by atoms with Gasteiger partial charge in [-0.3, -0.25) is 4.79 Å². The molecule has 6 nitrogen and oxygen atoms in total. The van der Waals surface area contributed by atoms with Crippen molar-refractivity contribution in [2.24, 2.45) is 4.99 Å². The molecule has 0 saturated carbocycles. The number of halogens is 1. The predicted octanol–water partition coefficient (Wildman–Crippen LogP) is 4.41. The highest BCUT2D eigenvalue weighted by Crippen LogP contribution is 2.19. The zero-order chi connectivity index (χ0) is 21.9. The van der Waals surface area contributed by atoms with Gasteiger partial charge in [-0.15, -0.1) is 24.0 Å². The quantitative estimate of drug-likeness (QED) is 0.251. The molecule has 1 unspecified atom stereocenters. The molecule has 0 aliphatic rings. The monoisotopic (exact) mass is 538 g/mol. The highest BCUT2D eigenvalue weighted by atomic mass is 127. The summed E-state index contributed by atoms with van der Waals surface area (Å²) >= 11 is 0. The fourth-order valence-corrected chi connectivity index (χ4v) is 2.86. The number of nitrogens with zero attached hydrogens (tertiary/aromatic N) is 1. The van der Waals surface area contributed by atoms with Crippen LogP contribution in [-0.2, 0) is 13.1 Å². The van der Waals surface area contributed by atoms with E-state index >= 15 is 0 Å². The molecular formula is C24H35IN4O2. The molecule has 0 aromatic heterocycles. The van der Waals surface area contributed by atoms with Crippen molar-refractivity contribution in [2.75, 3.05) is 13.7 Å². The molecular weight excluding hydrogens is 503 g/mol. The van der Waals surface area contributed by atoms with Gasteiger partial charge in [-0.1, -0.05) is 31.2 Å². The fraction of sp³-hybridized carbons (Fsp3) is 0.417. The van der Waals surface area contributed by atoms with Crippen LogP contribution in [0.4, 0.5) is 0 Å². The summed E-state index contributed by atoms with van der Waals surface area (Å²) in [6.07, 6.45) is 0.910. The van der Waals surface area contributed by atoms with Crippen molar-refractivity contribution in [3.8, 4) is 5.75 Å². The van der Waals surface area contributed by atoms with Crippen LogP contribution in [0.15, 0.2) is 47.5 Å². The Labute approximate surface area is 203 Å². The van der Waals surface area contributed by atoms with Crippen LogP contribution < -0.4 is 20.7 Å². The van der Waals surface area contributed by atoms with Gasteiger partial charge in [0.2, 0.25) is 0 Å². The van der Waals surface area contributed by atoms with Crippen molar-refractivity contribution < 1.29 is 9.53 Å². The second-order valence-electron chi connectivity index (χ2n) is 7.34. The molecule has 7 heteroatoms. The topological polar surface area (TPSA) is 74.8 Å². The standard InChI is InChI=1S/C24H34N4O2.HI/c1-6-18(4)28-23(29)20-12-9-19(10-13-20)15-26-24(25-7-2)27-16-21-11-8-17(3)14-22(21)30-5;/h8-14,18H,6-7,15-16H2,1-5H3,(H,28,29)(H2,25,26,27);1H. The number of carbonyl (C=O) groups is 1. The number of methoxy groups -OCH3 is 1. The summed E-state index contributed by atoms with van der Waals surface area (Å²) in [5, 5.41) is 9.60. The van der Waals surface area contributed by atoms with Crippen molar-refractivity contribution in [3.63, 3.8) is 0 Å². The van der Waals surface area contributed by atoms with Gasteiger partial charge in [-0.05, 0) is 56.5 Å². The van der Waals surface area contributed by atoms with E-state index in [2.05, 4.69) is 40.0 Å². The van der Waals surface area contributed by atoms with Gasteiger partial charge in [-0.25, -0.2) is 4.99 Å². The van der Waals surface area contributed by atoms with E-state index in [0.717, 1.165) is 41.4 Å². The van der Waals surface area contributed by atoms with Crippen molar-refractivity contribution in [2.45, 2.75) is 53.2 Å². The van der Waals surface area contributed by atoms with Gasteiger partial charge < -0.3 is 20.7 Å². The van der Waals surface area contributed by atoms with Crippen LogP contribution >= 0.6 is 24.0 Å². The summed E-state index contributed by atoms with van der Waals surface area (Å²) in [6.45, 7) is 10.0. The summed E-state index contributed by atoms with van der Waals surface area (Å²) < 4.78 is 5.48. The lowest BCUT2D eigenvalue weighted by molar-refractivity contribution is 0.0939. The SMILES string of the molecule is CCNC(=NCc1ccc(C(=O)NC(C)CC)cc1)NCc1ccc(C)cc1OC.I. The third-order valence-electron chi connectivity index (χ3n) is 4.86. The van der Waals surface area contributed by atoms with Gasteiger partial charge in [0.1, 0.15) is 5.75 Å². The largest absolute Gasteiger partial charge is 0.496 e. The van der Waals surface area contributed by atoms with E-state index in [-0.39, 0.29) is 35.9 Å². The van der Waals surface area contributed by atoms with Crippen LogP contribution in [-0.4, -0.2) is 31.6 Å². The van der Waals surface area contributed by atoms with Crippen LogP contribution in [0.5, 0.6) is 5.75 Å². The first kappa shape index (κ1) is 26.7. The third kappa shape index (κ3) is 8.77. The predicted molar refractivity (Wildman–Crippen MR) is 138 cm³/mol. The smallest absolute Gasteiger partial charge is 0.251 e. The van der Waals surface area contributed by atoms with E-state index in [1.807, 2.05) is 51.1 Å². The first-order valence-electron chi connectivity index (χ1n) is 10.5. The third-order valence-corrected chi connectivity index (χ3v) is 4.86. The summed E-state index contributed by atoms with van der Waals surface area (Å²) in [4.78, 5) is 16.9. The number of rotatable bonds is 9. The Kier molecular flexibility index (Phi) is 12.0. The molecule has 0 radical (unpaired) electrons. The Balaban J connectivity index is 0.00000480. The number of amides is 1. The highest BCUT2D eigenvalue weighted by molar-refractivity contribution is 14.0. The maximum Gasteiger partial charge on any atom is 0.251 e. The number of ether oxygens (including phenoxy) is 1. The van der Waals surface area contributed by atoms with E-state index in [4.69, 9.17) is 4.74 Å².